The van der Waals surface area contributed by atoms with Crippen LogP contribution in [0.1, 0.15) is 123 Å². The number of nitrogens with one attached hydrogen (secondary N) is 1. The van der Waals surface area contributed by atoms with Gasteiger partial charge in [-0.15, -0.1) is 0 Å². The largest absolute Gasteiger partial charge is 0.394 e. The third-order valence-corrected chi connectivity index (χ3v) is 6.20. The molecule has 0 aromatic heterocycles. The van der Waals surface area contributed by atoms with Crippen molar-refractivity contribution in [3.63, 3.8) is 0 Å². The monoisotopic (exact) mass is 493 g/mol. The van der Waals surface area contributed by atoms with Crippen molar-refractivity contribution in [2.24, 2.45) is 0 Å². The Bertz CT molecular complexity index is 559. The summed E-state index contributed by atoms with van der Waals surface area (Å²) in [6, 6.07) is -0.815. The van der Waals surface area contributed by atoms with Gasteiger partial charge in [0.15, 0.2) is 0 Å². The maximum absolute atomic E-state index is 12.2. The Balaban J connectivity index is 3.97. The normalized spacial score (nSPS) is 14.8. The zero-order valence-electron chi connectivity index (χ0n) is 22.7. The predicted molar refractivity (Wildman–Crippen MR) is 148 cm³/mol. The molecule has 0 saturated carbocycles. The quantitative estimate of drug-likeness (QED) is 0.0909. The van der Waals surface area contributed by atoms with E-state index in [0.717, 1.165) is 51.4 Å². The van der Waals surface area contributed by atoms with Gasteiger partial charge in [0.2, 0.25) is 5.91 Å². The van der Waals surface area contributed by atoms with Crippen molar-refractivity contribution < 1.29 is 20.1 Å². The van der Waals surface area contributed by atoms with Gasteiger partial charge in [-0.2, -0.15) is 0 Å². The number of rotatable bonds is 24. The lowest BCUT2D eigenvalue weighted by molar-refractivity contribution is -0.131. The number of hydrogen-bond acceptors (Lipinski definition) is 4. The zero-order chi connectivity index (χ0) is 26.0. The average molecular weight is 494 g/mol. The molecule has 0 radical (unpaired) electrons. The molecule has 0 fully saturated rings. The lowest BCUT2D eigenvalue weighted by Gasteiger charge is -2.21. The van der Waals surface area contributed by atoms with E-state index in [4.69, 9.17) is 0 Å². The average Bonchev–Trinajstić information content (AvgIpc) is 2.86. The van der Waals surface area contributed by atoms with Crippen LogP contribution >= 0.6 is 0 Å². The Kier molecular flexibility index (Phi) is 24.6. The van der Waals surface area contributed by atoms with Gasteiger partial charge in [0.25, 0.3) is 0 Å². The van der Waals surface area contributed by atoms with Crippen LogP contribution in [0.25, 0.3) is 0 Å². The molecule has 3 atom stereocenters. The molecule has 0 aromatic carbocycles. The molecule has 3 unspecified atom stereocenters. The summed E-state index contributed by atoms with van der Waals surface area (Å²) in [4.78, 5) is 12.2. The highest BCUT2D eigenvalue weighted by Gasteiger charge is 2.22. The highest BCUT2D eigenvalue weighted by Crippen LogP contribution is 2.09. The number of allylic oxidation sites excluding steroid dienone is 5. The topological polar surface area (TPSA) is 89.8 Å². The Morgan fingerprint density at radius 3 is 1.83 bits per heavy atom. The molecule has 0 heterocycles. The Morgan fingerprint density at radius 1 is 0.686 bits per heavy atom. The van der Waals surface area contributed by atoms with E-state index in [0.29, 0.717) is 6.42 Å². The van der Waals surface area contributed by atoms with E-state index in [1.165, 1.54) is 51.4 Å². The van der Waals surface area contributed by atoms with Gasteiger partial charge in [-0.1, -0.05) is 108 Å². The maximum Gasteiger partial charge on any atom is 0.249 e. The summed E-state index contributed by atoms with van der Waals surface area (Å²) in [5.41, 5.74) is 0. The molecule has 0 bridgehead atoms. The van der Waals surface area contributed by atoms with E-state index < -0.39 is 24.2 Å². The third kappa shape index (κ3) is 21.6. The first kappa shape index (κ1) is 33.6. The molecule has 0 aliphatic rings. The van der Waals surface area contributed by atoms with Crippen LogP contribution in [0.4, 0.5) is 0 Å². The first-order valence-corrected chi connectivity index (χ1v) is 14.3. The Morgan fingerprint density at radius 2 is 1.20 bits per heavy atom. The second-order valence-corrected chi connectivity index (χ2v) is 9.59. The van der Waals surface area contributed by atoms with Crippen molar-refractivity contribution in [3.05, 3.63) is 36.5 Å². The van der Waals surface area contributed by atoms with E-state index in [2.05, 4.69) is 43.5 Å². The van der Waals surface area contributed by atoms with E-state index in [1.54, 1.807) is 6.08 Å². The number of carbonyl (C=O) groups is 1. The molecule has 0 aromatic rings. The molecule has 5 heteroatoms. The molecule has 0 spiro atoms. The first-order valence-electron chi connectivity index (χ1n) is 14.3. The molecular formula is C30H55NO4. The van der Waals surface area contributed by atoms with Gasteiger partial charge in [0, 0.05) is 0 Å². The van der Waals surface area contributed by atoms with Crippen molar-refractivity contribution in [2.75, 3.05) is 6.61 Å². The fourth-order valence-electron chi connectivity index (χ4n) is 3.82. The summed E-state index contributed by atoms with van der Waals surface area (Å²) >= 11 is 0. The van der Waals surface area contributed by atoms with Crippen molar-refractivity contribution in [1.29, 1.82) is 0 Å². The predicted octanol–water partition coefficient (Wildman–Crippen LogP) is 6.53. The molecule has 4 N–H and O–H groups in total. The maximum atomic E-state index is 12.2. The number of aliphatic hydroxyl groups excluding tert-OH is 3. The minimum absolute atomic E-state index is 0.382. The number of unbranched alkanes of at least 4 members (excludes halogenated alkanes) is 12. The van der Waals surface area contributed by atoms with Gasteiger partial charge in [-0.3, -0.25) is 4.79 Å². The lowest BCUT2D eigenvalue weighted by Crippen LogP contribution is -2.48. The Labute approximate surface area is 215 Å². The van der Waals surface area contributed by atoms with Gasteiger partial charge in [-0.05, 0) is 51.4 Å². The van der Waals surface area contributed by atoms with Crippen LogP contribution < -0.4 is 5.32 Å². The summed E-state index contributed by atoms with van der Waals surface area (Å²) in [6.07, 6.45) is 28.7. The van der Waals surface area contributed by atoms with E-state index in [9.17, 15) is 20.1 Å². The SMILES string of the molecule is CCCC/C=C\CCCCCC(O)C(=O)NC(CO)C(O)/C=C/CC/C=C/CCCCCCCC. The molecule has 1 amide bonds. The summed E-state index contributed by atoms with van der Waals surface area (Å²) < 4.78 is 0. The third-order valence-electron chi connectivity index (χ3n) is 6.20. The molecule has 0 saturated heterocycles. The van der Waals surface area contributed by atoms with Crippen LogP contribution in [0.3, 0.4) is 0 Å². The van der Waals surface area contributed by atoms with Gasteiger partial charge in [0.1, 0.15) is 6.10 Å². The standard InChI is InChI=1S/C30H55NO4/c1-3-5-7-9-11-13-14-15-17-18-20-22-24-28(33)27(26-32)31-30(35)29(34)25-23-21-19-16-12-10-8-6-4-2/h10,12,15,17,22,24,27-29,32-34H,3-9,11,13-14,16,18-21,23,25-26H2,1-2H3,(H,31,35)/b12-10-,17-15+,24-22+. The van der Waals surface area contributed by atoms with Gasteiger partial charge in [0.05, 0.1) is 18.8 Å². The number of amides is 1. The zero-order valence-corrected chi connectivity index (χ0v) is 22.7. The van der Waals surface area contributed by atoms with Crippen LogP contribution in [-0.2, 0) is 4.79 Å². The van der Waals surface area contributed by atoms with Crippen molar-refractivity contribution in [1.82, 2.24) is 5.32 Å². The molecule has 5 nitrogen and oxygen atoms in total. The molecule has 35 heavy (non-hydrogen) atoms. The van der Waals surface area contributed by atoms with Crippen molar-refractivity contribution in [3.8, 4) is 0 Å². The summed E-state index contributed by atoms with van der Waals surface area (Å²) in [6.45, 7) is 4.04. The van der Waals surface area contributed by atoms with E-state index >= 15 is 0 Å². The van der Waals surface area contributed by atoms with Crippen LogP contribution in [-0.4, -0.2) is 46.1 Å². The number of hydrogen-bond donors (Lipinski definition) is 4. The molecule has 0 aliphatic heterocycles. The second-order valence-electron chi connectivity index (χ2n) is 9.59. The fraction of sp³-hybridized carbons (Fsp3) is 0.767. The second kappa shape index (κ2) is 25.7. The fourth-order valence-corrected chi connectivity index (χ4v) is 3.82. The molecule has 204 valence electrons. The minimum atomic E-state index is -1.11. The molecular weight excluding hydrogens is 438 g/mol. The highest BCUT2D eigenvalue weighted by molar-refractivity contribution is 5.80. The van der Waals surface area contributed by atoms with Crippen LogP contribution in [0, 0.1) is 0 Å². The van der Waals surface area contributed by atoms with Crippen molar-refractivity contribution >= 4 is 5.91 Å². The smallest absolute Gasteiger partial charge is 0.249 e. The van der Waals surface area contributed by atoms with Gasteiger partial charge < -0.3 is 20.6 Å². The number of aliphatic hydroxyl groups is 3. The molecule has 0 rings (SSSR count). The summed E-state index contributed by atoms with van der Waals surface area (Å²) in [5.74, 6) is -0.534. The van der Waals surface area contributed by atoms with E-state index in [-0.39, 0.29) is 6.61 Å². The van der Waals surface area contributed by atoms with Crippen LogP contribution in [0.2, 0.25) is 0 Å². The first-order chi connectivity index (χ1) is 17.1. The van der Waals surface area contributed by atoms with Crippen molar-refractivity contribution in [2.45, 2.75) is 141 Å². The summed E-state index contributed by atoms with van der Waals surface area (Å²) in [7, 11) is 0. The Hall–Kier alpha value is -1.43. The minimum Gasteiger partial charge on any atom is -0.394 e. The van der Waals surface area contributed by atoms with Crippen LogP contribution in [0.5, 0.6) is 0 Å². The van der Waals surface area contributed by atoms with Crippen LogP contribution in [0.15, 0.2) is 36.5 Å². The summed E-state index contributed by atoms with van der Waals surface area (Å²) in [5, 5.41) is 32.5. The molecule has 0 aliphatic carbocycles. The van der Waals surface area contributed by atoms with Gasteiger partial charge in [-0.25, -0.2) is 0 Å². The highest BCUT2D eigenvalue weighted by atomic mass is 16.3. The lowest BCUT2D eigenvalue weighted by atomic mass is 10.1. The van der Waals surface area contributed by atoms with E-state index in [1.807, 2.05) is 6.08 Å². The van der Waals surface area contributed by atoms with Gasteiger partial charge >= 0.3 is 0 Å². The number of carbonyl (C=O) groups excluding carboxylic acids is 1.